The average molecular weight is 375 g/mol. The molecule has 26 heavy (non-hydrogen) atoms. The summed E-state index contributed by atoms with van der Waals surface area (Å²) in [5.41, 5.74) is -1.93. The number of hydrogen-bond acceptors (Lipinski definition) is 3. The highest BCUT2D eigenvalue weighted by atomic mass is 19.4. The van der Waals surface area contributed by atoms with Crippen LogP contribution in [0.3, 0.4) is 0 Å². The van der Waals surface area contributed by atoms with E-state index >= 15 is 0 Å². The van der Waals surface area contributed by atoms with Gasteiger partial charge in [-0.15, -0.1) is 0 Å². The first-order chi connectivity index (χ1) is 12.2. The molecule has 7 heteroatoms. The fraction of sp³-hybridized carbons (Fsp3) is 0.632. The second-order valence-electron chi connectivity index (χ2n) is 6.28. The average Bonchev–Trinajstić information content (AvgIpc) is 2.58. The summed E-state index contributed by atoms with van der Waals surface area (Å²) in [6.07, 6.45) is -1.66. The smallest absolute Gasteiger partial charge is 0.420 e. The third kappa shape index (κ3) is 6.20. The number of alkyl halides is 3. The molecule has 0 unspecified atom stereocenters. The maximum absolute atomic E-state index is 13.2. The largest absolute Gasteiger partial charge is 0.493 e. The predicted molar refractivity (Wildman–Crippen MR) is 95.4 cm³/mol. The molecule has 1 aromatic rings. The Morgan fingerprint density at radius 3 is 2.38 bits per heavy atom. The van der Waals surface area contributed by atoms with E-state index in [1.54, 1.807) is 13.8 Å². The monoisotopic (exact) mass is 375 g/mol. The van der Waals surface area contributed by atoms with Gasteiger partial charge in [-0.1, -0.05) is 26.7 Å². The minimum atomic E-state index is -4.57. The summed E-state index contributed by atoms with van der Waals surface area (Å²) in [5.74, 6) is -0.703. The molecule has 1 atom stereocenters. The Balaban J connectivity index is 3.05. The van der Waals surface area contributed by atoms with Crippen molar-refractivity contribution in [3.8, 4) is 5.75 Å². The zero-order chi connectivity index (χ0) is 19.8. The molecule has 1 rings (SSSR count). The Kier molecular flexibility index (Phi) is 8.40. The van der Waals surface area contributed by atoms with Crippen molar-refractivity contribution in [3.05, 3.63) is 23.8 Å². The van der Waals surface area contributed by atoms with Gasteiger partial charge in [-0.3, -0.25) is 4.79 Å². The first-order valence-electron chi connectivity index (χ1n) is 8.97. The van der Waals surface area contributed by atoms with Crippen LogP contribution < -0.4 is 10.1 Å². The fourth-order valence-corrected chi connectivity index (χ4v) is 2.47. The van der Waals surface area contributed by atoms with Gasteiger partial charge in [-0.25, -0.2) is 0 Å². The molecule has 0 radical (unpaired) electrons. The summed E-state index contributed by atoms with van der Waals surface area (Å²) >= 11 is 0. The number of rotatable bonds is 10. The van der Waals surface area contributed by atoms with E-state index < -0.39 is 23.2 Å². The number of hydrogen-bond donors (Lipinski definition) is 1. The van der Waals surface area contributed by atoms with Gasteiger partial charge >= 0.3 is 6.18 Å². The Hall–Kier alpha value is -1.76. The van der Waals surface area contributed by atoms with Gasteiger partial charge in [0.05, 0.1) is 12.2 Å². The van der Waals surface area contributed by atoms with Crippen molar-refractivity contribution in [1.29, 1.82) is 0 Å². The molecular weight excluding hydrogens is 347 g/mol. The molecule has 1 amide bonds. The van der Waals surface area contributed by atoms with Gasteiger partial charge in [0.1, 0.15) is 11.4 Å². The lowest BCUT2D eigenvalue weighted by Gasteiger charge is -2.29. The van der Waals surface area contributed by atoms with Crippen molar-refractivity contribution in [2.45, 2.75) is 65.2 Å². The minimum absolute atomic E-state index is 0.0635. The Labute approximate surface area is 153 Å². The lowest BCUT2D eigenvalue weighted by Crippen LogP contribution is -2.43. The predicted octanol–water partition coefficient (Wildman–Crippen LogP) is 5.42. The van der Waals surface area contributed by atoms with Crippen LogP contribution in [0.2, 0.25) is 0 Å². The minimum Gasteiger partial charge on any atom is -0.493 e. The van der Waals surface area contributed by atoms with E-state index in [4.69, 9.17) is 9.47 Å². The summed E-state index contributed by atoms with van der Waals surface area (Å²) in [5, 5.41) is 2.56. The topological polar surface area (TPSA) is 47.6 Å². The molecule has 0 bridgehead atoms. The number of carbonyl (C=O) groups excluding carboxylic acids is 1. The zero-order valence-corrected chi connectivity index (χ0v) is 15.8. The number of nitrogens with one attached hydrogen (secondary N) is 1. The summed E-state index contributed by atoms with van der Waals surface area (Å²) in [7, 11) is 0. The molecule has 1 N–H and O–H groups in total. The van der Waals surface area contributed by atoms with Crippen LogP contribution in [0.5, 0.6) is 5.75 Å². The van der Waals surface area contributed by atoms with Crippen LogP contribution in [0.1, 0.15) is 58.9 Å². The molecule has 0 saturated heterocycles. The number of amides is 1. The highest BCUT2D eigenvalue weighted by Crippen LogP contribution is 2.38. The van der Waals surface area contributed by atoms with Crippen molar-refractivity contribution in [1.82, 2.24) is 0 Å². The molecular formula is C19H28F3NO3. The quantitative estimate of drug-likeness (QED) is 0.594. The van der Waals surface area contributed by atoms with Crippen LogP contribution in [0.4, 0.5) is 18.9 Å². The molecule has 0 fully saturated rings. The lowest BCUT2D eigenvalue weighted by atomic mass is 9.97. The molecule has 0 heterocycles. The first kappa shape index (κ1) is 22.3. The summed E-state index contributed by atoms with van der Waals surface area (Å²) in [6, 6.07) is 3.51. The standard InChI is InChI=1S/C19H28F3NO3/c1-5-8-11-18(4,26-12-6-2)17(24)23-14-9-10-16(25-7-3)15(13-14)19(20,21)22/h9-10,13H,5-8,11-12H2,1-4H3,(H,23,24)/t18-/m0/s1. The lowest BCUT2D eigenvalue weighted by molar-refractivity contribution is -0.141. The van der Waals surface area contributed by atoms with Crippen LogP contribution in [-0.2, 0) is 15.7 Å². The van der Waals surface area contributed by atoms with E-state index in [2.05, 4.69) is 5.32 Å². The van der Waals surface area contributed by atoms with Crippen molar-refractivity contribution >= 4 is 11.6 Å². The Morgan fingerprint density at radius 2 is 1.85 bits per heavy atom. The van der Waals surface area contributed by atoms with E-state index in [-0.39, 0.29) is 18.0 Å². The fourth-order valence-electron chi connectivity index (χ4n) is 2.47. The van der Waals surface area contributed by atoms with E-state index in [0.29, 0.717) is 13.0 Å². The highest BCUT2D eigenvalue weighted by molar-refractivity contribution is 5.97. The van der Waals surface area contributed by atoms with E-state index in [0.717, 1.165) is 25.3 Å². The number of unbranched alkanes of at least 4 members (excludes halogenated alkanes) is 1. The number of anilines is 1. The second kappa shape index (κ2) is 9.80. The number of ether oxygens (including phenoxy) is 2. The van der Waals surface area contributed by atoms with E-state index in [1.807, 2.05) is 13.8 Å². The highest BCUT2D eigenvalue weighted by Gasteiger charge is 2.36. The number of halogens is 3. The van der Waals surface area contributed by atoms with E-state index in [9.17, 15) is 18.0 Å². The third-order valence-electron chi connectivity index (χ3n) is 3.96. The van der Waals surface area contributed by atoms with Crippen molar-refractivity contribution in [3.63, 3.8) is 0 Å². The zero-order valence-electron chi connectivity index (χ0n) is 15.8. The Bertz CT molecular complexity index is 580. The molecule has 0 saturated carbocycles. The van der Waals surface area contributed by atoms with Crippen LogP contribution in [0.15, 0.2) is 18.2 Å². The van der Waals surface area contributed by atoms with Crippen LogP contribution in [0.25, 0.3) is 0 Å². The van der Waals surface area contributed by atoms with Crippen molar-refractivity contribution < 1.29 is 27.4 Å². The van der Waals surface area contributed by atoms with Crippen LogP contribution in [-0.4, -0.2) is 24.7 Å². The molecule has 0 aliphatic carbocycles. The van der Waals surface area contributed by atoms with Crippen LogP contribution in [0, 0.1) is 0 Å². The normalized spacial score (nSPS) is 14.0. The second-order valence-corrected chi connectivity index (χ2v) is 6.28. The molecule has 0 aromatic heterocycles. The molecule has 0 aliphatic rings. The van der Waals surface area contributed by atoms with Crippen molar-refractivity contribution in [2.75, 3.05) is 18.5 Å². The van der Waals surface area contributed by atoms with Crippen molar-refractivity contribution in [2.24, 2.45) is 0 Å². The first-order valence-corrected chi connectivity index (χ1v) is 8.97. The number of benzene rings is 1. The van der Waals surface area contributed by atoms with Crippen LogP contribution >= 0.6 is 0 Å². The van der Waals surface area contributed by atoms with Gasteiger partial charge in [0.25, 0.3) is 5.91 Å². The van der Waals surface area contributed by atoms with E-state index in [1.165, 1.54) is 12.1 Å². The molecule has 1 aromatic carbocycles. The Morgan fingerprint density at radius 1 is 1.15 bits per heavy atom. The third-order valence-corrected chi connectivity index (χ3v) is 3.96. The SMILES string of the molecule is CCCC[C@](C)(OCCC)C(=O)Nc1ccc(OCC)c(C(F)(F)F)c1. The molecule has 0 aliphatic heterocycles. The molecule has 0 spiro atoms. The van der Waals surface area contributed by atoms with Gasteiger partial charge in [0, 0.05) is 12.3 Å². The van der Waals surface area contributed by atoms with Gasteiger partial charge in [-0.2, -0.15) is 13.2 Å². The van der Waals surface area contributed by atoms with Gasteiger partial charge in [-0.05, 0) is 44.9 Å². The molecule has 4 nitrogen and oxygen atoms in total. The summed E-state index contributed by atoms with van der Waals surface area (Å²) in [4.78, 5) is 12.7. The molecule has 148 valence electrons. The maximum atomic E-state index is 13.2. The van der Waals surface area contributed by atoms with Gasteiger partial charge in [0.15, 0.2) is 0 Å². The maximum Gasteiger partial charge on any atom is 0.420 e. The van der Waals surface area contributed by atoms with Gasteiger partial charge in [0.2, 0.25) is 0 Å². The van der Waals surface area contributed by atoms with Gasteiger partial charge < -0.3 is 14.8 Å². The number of carbonyl (C=O) groups is 1. The summed E-state index contributed by atoms with van der Waals surface area (Å²) in [6.45, 7) is 7.74. The summed E-state index contributed by atoms with van der Waals surface area (Å²) < 4.78 is 50.5.